The lowest BCUT2D eigenvalue weighted by molar-refractivity contribution is -0.146. The Morgan fingerprint density at radius 2 is 2.13 bits per heavy atom. The first kappa shape index (κ1) is 13.1. The van der Waals surface area contributed by atoms with E-state index >= 15 is 0 Å². The molecule has 0 bridgehead atoms. The van der Waals surface area contributed by atoms with E-state index in [0.717, 1.165) is 6.42 Å². The third kappa shape index (κ3) is 2.99. The summed E-state index contributed by atoms with van der Waals surface area (Å²) >= 11 is 11.2. The SMILES string of the molecule is CC(C)CC1(C)OCCN1C(=O)C(Cl)Cl. The van der Waals surface area contributed by atoms with Crippen molar-refractivity contribution in [3.05, 3.63) is 0 Å². The molecule has 0 aromatic heterocycles. The van der Waals surface area contributed by atoms with Gasteiger partial charge in [-0.1, -0.05) is 37.0 Å². The van der Waals surface area contributed by atoms with Crippen LogP contribution < -0.4 is 0 Å². The van der Waals surface area contributed by atoms with Gasteiger partial charge < -0.3 is 9.64 Å². The number of halogens is 2. The highest BCUT2D eigenvalue weighted by Crippen LogP contribution is 2.31. The van der Waals surface area contributed by atoms with Gasteiger partial charge >= 0.3 is 0 Å². The Morgan fingerprint density at radius 1 is 1.53 bits per heavy atom. The summed E-state index contributed by atoms with van der Waals surface area (Å²) in [6, 6.07) is 0. The van der Waals surface area contributed by atoms with Gasteiger partial charge in [-0.05, 0) is 19.3 Å². The number of alkyl halides is 2. The summed E-state index contributed by atoms with van der Waals surface area (Å²) in [5.74, 6) is 0.187. The summed E-state index contributed by atoms with van der Waals surface area (Å²) in [6.45, 7) is 7.21. The average molecular weight is 254 g/mol. The highest BCUT2D eigenvalue weighted by Gasteiger charge is 2.42. The van der Waals surface area contributed by atoms with Crippen LogP contribution in [0.4, 0.5) is 0 Å². The minimum absolute atomic E-state index is 0.265. The van der Waals surface area contributed by atoms with Gasteiger partial charge in [0.2, 0.25) is 0 Å². The van der Waals surface area contributed by atoms with E-state index in [4.69, 9.17) is 27.9 Å². The second-order valence-corrected chi connectivity index (χ2v) is 5.51. The second-order valence-electron chi connectivity index (χ2n) is 4.41. The lowest BCUT2D eigenvalue weighted by Crippen LogP contribution is -2.48. The second kappa shape index (κ2) is 4.89. The lowest BCUT2D eigenvalue weighted by Gasteiger charge is -2.35. The maximum atomic E-state index is 11.7. The molecule has 1 rings (SSSR count). The van der Waals surface area contributed by atoms with E-state index in [-0.39, 0.29) is 5.91 Å². The smallest absolute Gasteiger partial charge is 0.258 e. The van der Waals surface area contributed by atoms with Crippen molar-refractivity contribution in [1.29, 1.82) is 0 Å². The lowest BCUT2D eigenvalue weighted by atomic mass is 10.0. The molecular formula is C10H17Cl2NO2. The number of rotatable bonds is 3. The van der Waals surface area contributed by atoms with E-state index in [0.29, 0.717) is 19.1 Å². The molecule has 5 heteroatoms. The van der Waals surface area contributed by atoms with Crippen molar-refractivity contribution in [2.45, 2.75) is 37.8 Å². The number of hydrogen-bond acceptors (Lipinski definition) is 2. The summed E-state index contributed by atoms with van der Waals surface area (Å²) in [6.07, 6.45) is 0.791. The van der Waals surface area contributed by atoms with Gasteiger partial charge in [0.1, 0.15) is 5.72 Å². The molecule has 1 heterocycles. The van der Waals surface area contributed by atoms with Crippen LogP contribution >= 0.6 is 23.2 Å². The van der Waals surface area contributed by atoms with Gasteiger partial charge in [0, 0.05) is 6.54 Å². The van der Waals surface area contributed by atoms with E-state index in [2.05, 4.69) is 13.8 Å². The Kier molecular flexibility index (Phi) is 4.27. The molecule has 3 nitrogen and oxygen atoms in total. The van der Waals surface area contributed by atoms with Crippen LogP contribution in [0, 0.1) is 5.92 Å². The van der Waals surface area contributed by atoms with Crippen LogP contribution in [0.2, 0.25) is 0 Å². The molecule has 0 aromatic carbocycles. The molecule has 0 aliphatic carbocycles. The molecule has 1 aliphatic rings. The first-order valence-electron chi connectivity index (χ1n) is 5.10. The third-order valence-electron chi connectivity index (χ3n) is 2.54. The van der Waals surface area contributed by atoms with Crippen LogP contribution in [0.5, 0.6) is 0 Å². The molecule has 88 valence electrons. The average Bonchev–Trinajstić information content (AvgIpc) is 2.44. The topological polar surface area (TPSA) is 29.5 Å². The largest absolute Gasteiger partial charge is 0.354 e. The number of carbonyl (C=O) groups is 1. The summed E-state index contributed by atoms with van der Waals surface area (Å²) in [4.78, 5) is 12.4. The molecule has 1 fully saturated rings. The van der Waals surface area contributed by atoms with Gasteiger partial charge in [-0.15, -0.1) is 0 Å². The van der Waals surface area contributed by atoms with Crippen molar-refractivity contribution >= 4 is 29.1 Å². The maximum Gasteiger partial charge on any atom is 0.258 e. The molecule has 1 unspecified atom stereocenters. The van der Waals surface area contributed by atoms with Gasteiger partial charge in [0.25, 0.3) is 5.91 Å². The Balaban J connectivity index is 2.75. The van der Waals surface area contributed by atoms with E-state index in [9.17, 15) is 4.79 Å². The highest BCUT2D eigenvalue weighted by molar-refractivity contribution is 6.53. The van der Waals surface area contributed by atoms with Crippen LogP contribution in [0.1, 0.15) is 27.2 Å². The van der Waals surface area contributed by atoms with E-state index in [1.54, 1.807) is 4.90 Å². The van der Waals surface area contributed by atoms with E-state index in [1.165, 1.54) is 0 Å². The molecule has 0 spiro atoms. The van der Waals surface area contributed by atoms with E-state index < -0.39 is 10.6 Å². The summed E-state index contributed by atoms with van der Waals surface area (Å²) in [7, 11) is 0. The highest BCUT2D eigenvalue weighted by atomic mass is 35.5. The molecule has 0 aromatic rings. The fraction of sp³-hybridized carbons (Fsp3) is 0.900. The maximum absolute atomic E-state index is 11.7. The molecular weight excluding hydrogens is 237 g/mol. The third-order valence-corrected chi connectivity index (χ3v) is 2.91. The molecule has 0 radical (unpaired) electrons. The summed E-state index contributed by atoms with van der Waals surface area (Å²) in [5, 5.41) is 0. The van der Waals surface area contributed by atoms with Crippen molar-refractivity contribution in [3.8, 4) is 0 Å². The fourth-order valence-electron chi connectivity index (χ4n) is 2.06. The number of carbonyl (C=O) groups excluding carboxylic acids is 1. The number of nitrogens with zero attached hydrogens (tertiary/aromatic N) is 1. The van der Waals surface area contributed by atoms with Crippen molar-refractivity contribution in [2.75, 3.05) is 13.2 Å². The van der Waals surface area contributed by atoms with Gasteiger partial charge in [-0.2, -0.15) is 0 Å². The zero-order valence-electron chi connectivity index (χ0n) is 9.30. The molecule has 1 amide bonds. The predicted molar refractivity (Wildman–Crippen MR) is 61.0 cm³/mol. The fourth-order valence-corrected chi connectivity index (χ4v) is 2.29. The molecule has 1 aliphatic heterocycles. The van der Waals surface area contributed by atoms with Crippen LogP contribution in [0.3, 0.4) is 0 Å². The predicted octanol–water partition coefficient (Wildman–Crippen LogP) is 2.41. The van der Waals surface area contributed by atoms with Crippen molar-refractivity contribution in [3.63, 3.8) is 0 Å². The summed E-state index contributed by atoms with van der Waals surface area (Å²) < 4.78 is 5.62. The number of amides is 1. The van der Waals surface area contributed by atoms with Crippen molar-refractivity contribution in [1.82, 2.24) is 4.90 Å². The monoisotopic (exact) mass is 253 g/mol. The molecule has 0 N–H and O–H groups in total. The Hall–Kier alpha value is 0.01000. The number of hydrogen-bond donors (Lipinski definition) is 0. The first-order valence-corrected chi connectivity index (χ1v) is 5.97. The zero-order chi connectivity index (χ0) is 11.6. The minimum Gasteiger partial charge on any atom is -0.354 e. The molecule has 1 saturated heterocycles. The Labute approximate surface area is 101 Å². The van der Waals surface area contributed by atoms with Gasteiger partial charge in [0.15, 0.2) is 4.84 Å². The van der Waals surface area contributed by atoms with Crippen LogP contribution in [0.25, 0.3) is 0 Å². The molecule has 0 saturated carbocycles. The van der Waals surface area contributed by atoms with Gasteiger partial charge in [0.05, 0.1) is 6.61 Å². The standard InChI is InChI=1S/C10H17Cl2NO2/c1-7(2)6-10(3)13(4-5-15-10)9(14)8(11)12/h7-8H,4-6H2,1-3H3. The molecule has 1 atom stereocenters. The quantitative estimate of drug-likeness (QED) is 0.724. The molecule has 15 heavy (non-hydrogen) atoms. The van der Waals surface area contributed by atoms with Crippen molar-refractivity contribution < 1.29 is 9.53 Å². The van der Waals surface area contributed by atoms with Crippen LogP contribution in [-0.4, -0.2) is 34.5 Å². The van der Waals surface area contributed by atoms with Gasteiger partial charge in [-0.3, -0.25) is 4.79 Å². The Morgan fingerprint density at radius 3 is 2.60 bits per heavy atom. The summed E-state index contributed by atoms with van der Waals surface area (Å²) in [5.41, 5.74) is -0.548. The van der Waals surface area contributed by atoms with Crippen LogP contribution in [0.15, 0.2) is 0 Å². The van der Waals surface area contributed by atoms with Gasteiger partial charge in [-0.25, -0.2) is 0 Å². The van der Waals surface area contributed by atoms with E-state index in [1.807, 2.05) is 6.92 Å². The minimum atomic E-state index is -1.00. The number of ether oxygens (including phenoxy) is 1. The van der Waals surface area contributed by atoms with Crippen LogP contribution in [-0.2, 0) is 9.53 Å². The Bertz CT molecular complexity index is 246. The zero-order valence-corrected chi connectivity index (χ0v) is 10.8. The first-order chi connectivity index (χ1) is 6.87. The van der Waals surface area contributed by atoms with Crippen molar-refractivity contribution in [2.24, 2.45) is 5.92 Å². The normalized spacial score (nSPS) is 26.7.